The zero-order valence-corrected chi connectivity index (χ0v) is 12.5. The van der Waals surface area contributed by atoms with E-state index in [4.69, 9.17) is 0 Å². The Morgan fingerprint density at radius 1 is 1.15 bits per heavy atom. The van der Waals surface area contributed by atoms with Crippen LogP contribution >= 0.6 is 0 Å². The smallest absolute Gasteiger partial charge is 0.130 e. The van der Waals surface area contributed by atoms with E-state index in [1.165, 1.54) is 45.3 Å². The standard InChI is InChI=1S/C16H26N4/c1-17-15-5-4-6-16(18-15)20-11-7-14(8-12-20)13-19-9-2-3-10-19/h4-6,14H,2-3,7-13H2,1H3,(H,17,18). The fraction of sp³-hybridized carbons (Fsp3) is 0.688. The molecule has 0 aromatic carbocycles. The maximum Gasteiger partial charge on any atom is 0.130 e. The Hall–Kier alpha value is -1.29. The lowest BCUT2D eigenvalue weighted by Crippen LogP contribution is -2.38. The van der Waals surface area contributed by atoms with Crippen LogP contribution in [0.5, 0.6) is 0 Å². The molecule has 3 heterocycles. The summed E-state index contributed by atoms with van der Waals surface area (Å²) in [5.41, 5.74) is 0. The molecule has 4 nitrogen and oxygen atoms in total. The van der Waals surface area contributed by atoms with Crippen LogP contribution in [0.1, 0.15) is 25.7 Å². The van der Waals surface area contributed by atoms with E-state index in [-0.39, 0.29) is 0 Å². The van der Waals surface area contributed by atoms with Crippen molar-refractivity contribution < 1.29 is 0 Å². The summed E-state index contributed by atoms with van der Waals surface area (Å²) < 4.78 is 0. The number of nitrogens with one attached hydrogen (secondary N) is 1. The molecule has 0 spiro atoms. The first-order valence-electron chi connectivity index (χ1n) is 7.97. The SMILES string of the molecule is CNc1cccc(N2CCC(CN3CCCC3)CC2)n1. The van der Waals surface area contributed by atoms with Crippen molar-refractivity contribution in [2.75, 3.05) is 50.0 Å². The summed E-state index contributed by atoms with van der Waals surface area (Å²) >= 11 is 0. The molecule has 20 heavy (non-hydrogen) atoms. The number of nitrogens with zero attached hydrogens (tertiary/aromatic N) is 3. The quantitative estimate of drug-likeness (QED) is 0.914. The molecule has 3 rings (SSSR count). The van der Waals surface area contributed by atoms with Crippen LogP contribution in [0.2, 0.25) is 0 Å². The number of anilines is 2. The molecule has 1 aromatic rings. The van der Waals surface area contributed by atoms with Gasteiger partial charge in [0.15, 0.2) is 0 Å². The second-order valence-electron chi connectivity index (χ2n) is 6.07. The molecule has 1 aromatic heterocycles. The summed E-state index contributed by atoms with van der Waals surface area (Å²) in [5, 5.41) is 3.12. The van der Waals surface area contributed by atoms with Gasteiger partial charge in [-0.15, -0.1) is 0 Å². The van der Waals surface area contributed by atoms with Crippen LogP contribution in [0, 0.1) is 5.92 Å². The number of hydrogen-bond donors (Lipinski definition) is 1. The summed E-state index contributed by atoms with van der Waals surface area (Å²) in [7, 11) is 1.92. The number of aromatic nitrogens is 1. The largest absolute Gasteiger partial charge is 0.373 e. The number of pyridine rings is 1. The number of hydrogen-bond acceptors (Lipinski definition) is 4. The van der Waals surface area contributed by atoms with Gasteiger partial charge in [0.05, 0.1) is 0 Å². The highest BCUT2D eigenvalue weighted by Crippen LogP contribution is 2.24. The summed E-state index contributed by atoms with van der Waals surface area (Å²) in [5.74, 6) is 2.97. The van der Waals surface area contributed by atoms with Crippen molar-refractivity contribution in [2.45, 2.75) is 25.7 Å². The maximum atomic E-state index is 4.65. The summed E-state index contributed by atoms with van der Waals surface area (Å²) in [6.07, 6.45) is 5.42. The zero-order valence-electron chi connectivity index (χ0n) is 12.5. The van der Waals surface area contributed by atoms with Gasteiger partial charge in [-0.2, -0.15) is 0 Å². The average Bonchev–Trinajstić information content (AvgIpc) is 3.01. The Morgan fingerprint density at radius 3 is 2.60 bits per heavy atom. The minimum atomic E-state index is 0.886. The van der Waals surface area contributed by atoms with Gasteiger partial charge in [0, 0.05) is 26.7 Å². The maximum absolute atomic E-state index is 4.65. The van der Waals surface area contributed by atoms with Crippen LogP contribution in [0.25, 0.3) is 0 Å². The van der Waals surface area contributed by atoms with Crippen molar-refractivity contribution >= 4 is 11.6 Å². The van der Waals surface area contributed by atoms with Crippen LogP contribution in [0.3, 0.4) is 0 Å². The fourth-order valence-electron chi connectivity index (χ4n) is 3.41. The Balaban J connectivity index is 1.52. The van der Waals surface area contributed by atoms with E-state index >= 15 is 0 Å². The zero-order chi connectivity index (χ0) is 13.8. The molecule has 2 saturated heterocycles. The number of piperidine rings is 1. The lowest BCUT2D eigenvalue weighted by atomic mass is 9.96. The van der Waals surface area contributed by atoms with Gasteiger partial charge in [0.1, 0.15) is 11.6 Å². The highest BCUT2D eigenvalue weighted by molar-refractivity contribution is 5.46. The average molecular weight is 274 g/mol. The Bertz CT molecular complexity index is 420. The minimum Gasteiger partial charge on any atom is -0.373 e. The first kappa shape index (κ1) is 13.7. The van der Waals surface area contributed by atoms with Crippen molar-refractivity contribution in [3.8, 4) is 0 Å². The molecule has 2 aliphatic heterocycles. The number of likely N-dealkylation sites (tertiary alicyclic amines) is 1. The molecule has 0 atom stereocenters. The van der Waals surface area contributed by atoms with Crippen LogP contribution in [-0.4, -0.2) is 49.7 Å². The monoisotopic (exact) mass is 274 g/mol. The van der Waals surface area contributed by atoms with Gasteiger partial charge < -0.3 is 15.1 Å². The highest BCUT2D eigenvalue weighted by atomic mass is 15.2. The predicted octanol–water partition coefficient (Wildman–Crippen LogP) is 2.44. The van der Waals surface area contributed by atoms with Gasteiger partial charge in [-0.25, -0.2) is 4.98 Å². The Kier molecular flexibility index (Phi) is 4.41. The summed E-state index contributed by atoms with van der Waals surface area (Å²) in [4.78, 5) is 9.73. The van der Waals surface area contributed by atoms with Crippen molar-refractivity contribution in [3.05, 3.63) is 18.2 Å². The number of rotatable bonds is 4. The Morgan fingerprint density at radius 2 is 1.90 bits per heavy atom. The van der Waals surface area contributed by atoms with Crippen LogP contribution in [0.4, 0.5) is 11.6 Å². The van der Waals surface area contributed by atoms with Crippen LogP contribution in [-0.2, 0) is 0 Å². The lowest BCUT2D eigenvalue weighted by molar-refractivity contribution is 0.249. The van der Waals surface area contributed by atoms with E-state index in [1.54, 1.807) is 0 Å². The second kappa shape index (κ2) is 6.44. The predicted molar refractivity (Wildman–Crippen MR) is 84.4 cm³/mol. The molecule has 0 bridgehead atoms. The van der Waals surface area contributed by atoms with Gasteiger partial charge >= 0.3 is 0 Å². The van der Waals surface area contributed by atoms with Gasteiger partial charge in [-0.05, 0) is 56.8 Å². The minimum absolute atomic E-state index is 0.886. The third kappa shape index (κ3) is 3.23. The third-order valence-electron chi connectivity index (χ3n) is 4.64. The molecular weight excluding hydrogens is 248 g/mol. The summed E-state index contributed by atoms with van der Waals surface area (Å²) in [6, 6.07) is 6.23. The Labute approximate surface area is 122 Å². The van der Waals surface area contributed by atoms with E-state index in [1.807, 2.05) is 13.1 Å². The fourth-order valence-corrected chi connectivity index (χ4v) is 3.41. The van der Waals surface area contributed by atoms with E-state index in [9.17, 15) is 0 Å². The highest BCUT2D eigenvalue weighted by Gasteiger charge is 2.23. The topological polar surface area (TPSA) is 31.4 Å². The third-order valence-corrected chi connectivity index (χ3v) is 4.64. The van der Waals surface area contributed by atoms with E-state index in [0.29, 0.717) is 0 Å². The van der Waals surface area contributed by atoms with E-state index < -0.39 is 0 Å². The van der Waals surface area contributed by atoms with E-state index in [2.05, 4.69) is 32.2 Å². The molecular formula is C16H26N4. The van der Waals surface area contributed by atoms with Crippen LogP contribution in [0.15, 0.2) is 18.2 Å². The van der Waals surface area contributed by atoms with Crippen molar-refractivity contribution in [3.63, 3.8) is 0 Å². The van der Waals surface area contributed by atoms with Crippen molar-refractivity contribution in [1.29, 1.82) is 0 Å². The summed E-state index contributed by atoms with van der Waals surface area (Å²) in [6.45, 7) is 6.27. The first-order chi connectivity index (χ1) is 9.85. The molecule has 4 heteroatoms. The van der Waals surface area contributed by atoms with Gasteiger partial charge in [-0.3, -0.25) is 0 Å². The molecule has 0 radical (unpaired) electrons. The molecule has 2 fully saturated rings. The molecule has 0 amide bonds. The van der Waals surface area contributed by atoms with Gasteiger partial charge in [0.2, 0.25) is 0 Å². The molecule has 110 valence electrons. The molecule has 1 N–H and O–H groups in total. The first-order valence-corrected chi connectivity index (χ1v) is 7.97. The van der Waals surface area contributed by atoms with Crippen molar-refractivity contribution in [1.82, 2.24) is 9.88 Å². The van der Waals surface area contributed by atoms with E-state index in [0.717, 1.165) is 30.6 Å². The van der Waals surface area contributed by atoms with Gasteiger partial charge in [-0.1, -0.05) is 6.07 Å². The molecule has 0 saturated carbocycles. The van der Waals surface area contributed by atoms with Crippen LogP contribution < -0.4 is 10.2 Å². The molecule has 2 aliphatic rings. The van der Waals surface area contributed by atoms with Gasteiger partial charge in [0.25, 0.3) is 0 Å². The second-order valence-corrected chi connectivity index (χ2v) is 6.07. The van der Waals surface area contributed by atoms with Crippen molar-refractivity contribution in [2.24, 2.45) is 5.92 Å². The molecule has 0 unspecified atom stereocenters. The lowest BCUT2D eigenvalue weighted by Gasteiger charge is -2.34. The molecule has 0 aliphatic carbocycles. The normalized spacial score (nSPS) is 21.4.